The van der Waals surface area contributed by atoms with Crippen LogP contribution >= 0.6 is 0 Å². The Morgan fingerprint density at radius 1 is 1.73 bits per heavy atom. The number of rotatable bonds is 4. The van der Waals surface area contributed by atoms with Crippen molar-refractivity contribution in [2.45, 2.75) is 25.6 Å². The maximum absolute atomic E-state index is 11.4. The predicted molar refractivity (Wildman–Crippen MR) is 49.8 cm³/mol. The lowest BCUT2D eigenvalue weighted by Crippen LogP contribution is -2.36. The van der Waals surface area contributed by atoms with Crippen molar-refractivity contribution in [3.05, 3.63) is 0 Å². The molecule has 1 rings (SSSR count). The van der Waals surface area contributed by atoms with E-state index in [1.807, 2.05) is 0 Å². The van der Waals surface area contributed by atoms with Gasteiger partial charge in [0.1, 0.15) is 6.10 Å². The molecule has 0 saturated carbocycles. The van der Waals surface area contributed by atoms with Crippen LogP contribution in [-0.4, -0.2) is 58.9 Å². The predicted octanol–water partition coefficient (Wildman–Crippen LogP) is -1.50. The summed E-state index contributed by atoms with van der Waals surface area (Å²) in [6.45, 7) is 1.26. The Labute approximate surface area is 87.4 Å². The molecule has 0 aromatic heterocycles. The second kappa shape index (κ2) is 5.09. The van der Waals surface area contributed by atoms with Crippen LogP contribution in [0, 0.1) is 0 Å². The quantitative estimate of drug-likeness (QED) is 0.560. The van der Waals surface area contributed by atoms with Crippen LogP contribution in [0.15, 0.2) is 0 Å². The normalized spacial score (nSPS) is 23.0. The number of ether oxygens (including phenoxy) is 1. The lowest BCUT2D eigenvalue weighted by atomic mass is 10.3. The highest BCUT2D eigenvalue weighted by Gasteiger charge is 2.32. The lowest BCUT2D eigenvalue weighted by molar-refractivity contribution is -0.145. The molecule has 2 atom stereocenters. The third kappa shape index (κ3) is 3.49. The van der Waals surface area contributed by atoms with Crippen molar-refractivity contribution < 1.29 is 24.5 Å². The van der Waals surface area contributed by atoms with Gasteiger partial charge in [-0.1, -0.05) is 0 Å². The van der Waals surface area contributed by atoms with Crippen molar-refractivity contribution in [1.82, 2.24) is 4.90 Å². The third-order valence-corrected chi connectivity index (χ3v) is 2.15. The zero-order valence-electron chi connectivity index (χ0n) is 8.55. The first-order valence-electron chi connectivity index (χ1n) is 4.77. The molecule has 1 amide bonds. The van der Waals surface area contributed by atoms with E-state index in [1.54, 1.807) is 0 Å². The maximum atomic E-state index is 11.4. The van der Waals surface area contributed by atoms with E-state index in [-0.39, 0.29) is 32.0 Å². The van der Waals surface area contributed by atoms with Crippen LogP contribution in [-0.2, 0) is 14.3 Å². The van der Waals surface area contributed by atoms with Gasteiger partial charge < -0.3 is 19.8 Å². The van der Waals surface area contributed by atoms with E-state index in [4.69, 9.17) is 14.9 Å². The number of aliphatic hydroxyl groups is 2. The summed E-state index contributed by atoms with van der Waals surface area (Å²) >= 11 is 0. The van der Waals surface area contributed by atoms with Crippen LogP contribution in [0.5, 0.6) is 0 Å². The van der Waals surface area contributed by atoms with Crippen molar-refractivity contribution >= 4 is 11.9 Å². The van der Waals surface area contributed by atoms with Crippen molar-refractivity contribution in [2.75, 3.05) is 19.7 Å². The molecule has 15 heavy (non-hydrogen) atoms. The van der Waals surface area contributed by atoms with Gasteiger partial charge in [-0.2, -0.15) is 0 Å². The van der Waals surface area contributed by atoms with Crippen molar-refractivity contribution in [3.8, 4) is 0 Å². The lowest BCUT2D eigenvalue weighted by Gasteiger charge is -2.18. The highest BCUT2D eigenvalue weighted by Crippen LogP contribution is 2.14. The topological polar surface area (TPSA) is 87.1 Å². The van der Waals surface area contributed by atoms with Gasteiger partial charge in [-0.15, -0.1) is 0 Å². The van der Waals surface area contributed by atoms with Crippen molar-refractivity contribution in [2.24, 2.45) is 0 Å². The molecule has 0 aliphatic carbocycles. The summed E-state index contributed by atoms with van der Waals surface area (Å²) in [4.78, 5) is 23.4. The number of amides is 1. The van der Waals surface area contributed by atoms with Crippen LogP contribution in [0.2, 0.25) is 0 Å². The Balaban J connectivity index is 2.42. The van der Waals surface area contributed by atoms with Gasteiger partial charge in [-0.3, -0.25) is 9.59 Å². The standard InChI is InChI=1S/C9H15NO5/c1-6(12)15-8-2-9(14)10(4-8)3-7(13)5-11/h7-8,11,13H,2-5H2,1H3. The van der Waals surface area contributed by atoms with Crippen LogP contribution < -0.4 is 0 Å². The number of likely N-dealkylation sites (tertiary alicyclic amines) is 1. The smallest absolute Gasteiger partial charge is 0.302 e. The van der Waals surface area contributed by atoms with Crippen LogP contribution in [0.3, 0.4) is 0 Å². The molecule has 0 aromatic rings. The minimum Gasteiger partial charge on any atom is -0.460 e. The van der Waals surface area contributed by atoms with E-state index < -0.39 is 18.2 Å². The summed E-state index contributed by atoms with van der Waals surface area (Å²) in [6.07, 6.45) is -1.22. The first-order chi connectivity index (χ1) is 7.02. The second-order valence-corrected chi connectivity index (χ2v) is 3.57. The van der Waals surface area contributed by atoms with E-state index in [0.29, 0.717) is 0 Å². The average Bonchev–Trinajstić information content (AvgIpc) is 2.45. The fourth-order valence-corrected chi connectivity index (χ4v) is 1.54. The molecule has 0 bridgehead atoms. The number of β-amino-alcohol motifs (C(OH)–C–C–N with tert-alkyl or cyclic N) is 1. The van der Waals surface area contributed by atoms with Crippen LogP contribution in [0.25, 0.3) is 0 Å². The number of nitrogens with zero attached hydrogens (tertiary/aromatic N) is 1. The summed E-state index contributed by atoms with van der Waals surface area (Å²) in [5, 5.41) is 17.8. The largest absolute Gasteiger partial charge is 0.460 e. The average molecular weight is 217 g/mol. The van der Waals surface area contributed by atoms with E-state index >= 15 is 0 Å². The number of carbonyl (C=O) groups excluding carboxylic acids is 2. The number of carbonyl (C=O) groups is 2. The van der Waals surface area contributed by atoms with Gasteiger partial charge in [0.05, 0.1) is 25.7 Å². The van der Waals surface area contributed by atoms with Crippen LogP contribution in [0.4, 0.5) is 0 Å². The zero-order chi connectivity index (χ0) is 11.4. The maximum Gasteiger partial charge on any atom is 0.302 e. The summed E-state index contributed by atoms with van der Waals surface area (Å²) in [6, 6.07) is 0. The van der Waals surface area contributed by atoms with Crippen molar-refractivity contribution in [1.29, 1.82) is 0 Å². The molecular weight excluding hydrogens is 202 g/mol. The molecule has 1 heterocycles. The van der Waals surface area contributed by atoms with E-state index in [1.165, 1.54) is 11.8 Å². The first-order valence-corrected chi connectivity index (χ1v) is 4.77. The molecule has 0 aromatic carbocycles. The minimum atomic E-state index is -0.940. The Morgan fingerprint density at radius 2 is 2.40 bits per heavy atom. The molecule has 0 radical (unpaired) electrons. The fourth-order valence-electron chi connectivity index (χ4n) is 1.54. The zero-order valence-corrected chi connectivity index (χ0v) is 8.55. The van der Waals surface area contributed by atoms with Gasteiger partial charge in [-0.25, -0.2) is 0 Å². The highest BCUT2D eigenvalue weighted by molar-refractivity contribution is 5.79. The summed E-state index contributed by atoms with van der Waals surface area (Å²) in [7, 11) is 0. The molecule has 1 aliphatic rings. The number of hydrogen-bond acceptors (Lipinski definition) is 5. The molecule has 2 unspecified atom stereocenters. The number of hydrogen-bond donors (Lipinski definition) is 2. The molecule has 1 aliphatic heterocycles. The fraction of sp³-hybridized carbons (Fsp3) is 0.778. The Kier molecular flexibility index (Phi) is 4.05. The third-order valence-electron chi connectivity index (χ3n) is 2.15. The molecule has 1 fully saturated rings. The van der Waals surface area contributed by atoms with Gasteiger partial charge in [0.2, 0.25) is 5.91 Å². The molecule has 6 heteroatoms. The molecule has 6 nitrogen and oxygen atoms in total. The van der Waals surface area contributed by atoms with Crippen molar-refractivity contribution in [3.63, 3.8) is 0 Å². The molecular formula is C9H15NO5. The van der Waals surface area contributed by atoms with E-state index in [0.717, 1.165) is 0 Å². The summed E-state index contributed by atoms with van der Waals surface area (Å²) in [5.74, 6) is -0.592. The Hall–Kier alpha value is -1.14. The molecule has 1 saturated heterocycles. The van der Waals surface area contributed by atoms with Gasteiger partial charge in [-0.05, 0) is 0 Å². The van der Waals surface area contributed by atoms with Crippen LogP contribution in [0.1, 0.15) is 13.3 Å². The monoisotopic (exact) mass is 217 g/mol. The van der Waals surface area contributed by atoms with E-state index in [2.05, 4.69) is 0 Å². The molecule has 86 valence electrons. The number of esters is 1. The SMILES string of the molecule is CC(=O)OC1CC(=O)N(CC(O)CO)C1. The van der Waals surface area contributed by atoms with Gasteiger partial charge in [0.25, 0.3) is 0 Å². The Bertz CT molecular complexity index is 255. The molecule has 0 spiro atoms. The second-order valence-electron chi connectivity index (χ2n) is 3.57. The van der Waals surface area contributed by atoms with E-state index in [9.17, 15) is 9.59 Å². The van der Waals surface area contributed by atoms with Gasteiger partial charge >= 0.3 is 5.97 Å². The highest BCUT2D eigenvalue weighted by atomic mass is 16.5. The van der Waals surface area contributed by atoms with Gasteiger partial charge in [0.15, 0.2) is 0 Å². The molecule has 2 N–H and O–H groups in total. The van der Waals surface area contributed by atoms with Gasteiger partial charge in [0, 0.05) is 13.5 Å². The number of aliphatic hydroxyl groups excluding tert-OH is 2. The summed E-state index contributed by atoms with van der Waals surface area (Å²) in [5.41, 5.74) is 0. The minimum absolute atomic E-state index is 0.0765. The Morgan fingerprint density at radius 3 is 2.93 bits per heavy atom. The first kappa shape index (κ1) is 11.9. The summed E-state index contributed by atoms with van der Waals surface area (Å²) < 4.78 is 4.88.